The van der Waals surface area contributed by atoms with Crippen LogP contribution < -0.4 is 5.73 Å². The van der Waals surface area contributed by atoms with Crippen LogP contribution in [0.4, 0.5) is 5.69 Å². The van der Waals surface area contributed by atoms with Crippen molar-refractivity contribution in [3.8, 4) is 11.4 Å². The van der Waals surface area contributed by atoms with Gasteiger partial charge in [-0.2, -0.15) is 0 Å². The first-order valence-corrected chi connectivity index (χ1v) is 8.23. The lowest BCUT2D eigenvalue weighted by Crippen LogP contribution is -2.18. The second-order valence-electron chi connectivity index (χ2n) is 5.89. The number of nitrogen functional groups attached to an aromatic ring is 1. The number of anilines is 1. The molecule has 1 aliphatic carbocycles. The fourth-order valence-corrected chi connectivity index (χ4v) is 4.01. The minimum atomic E-state index is 0.375. The van der Waals surface area contributed by atoms with E-state index in [1.807, 2.05) is 22.9 Å². The highest BCUT2D eigenvalue weighted by Crippen LogP contribution is 2.42. The molecule has 112 valence electrons. The number of hydrogen-bond acceptors (Lipinski definition) is 4. The quantitative estimate of drug-likeness (QED) is 0.858. The molecule has 1 saturated carbocycles. The van der Waals surface area contributed by atoms with Crippen LogP contribution in [0.2, 0.25) is 0 Å². The summed E-state index contributed by atoms with van der Waals surface area (Å²) in [6, 6.07) is 6.18. The predicted octanol–water partition coefficient (Wildman–Crippen LogP) is 3.68. The van der Waals surface area contributed by atoms with Crippen molar-refractivity contribution < 1.29 is 0 Å². The summed E-state index contributed by atoms with van der Waals surface area (Å²) in [5.41, 5.74) is 7.60. The molecule has 1 heterocycles. The highest BCUT2D eigenvalue weighted by Gasteiger charge is 2.35. The van der Waals surface area contributed by atoms with Gasteiger partial charge in [-0.05, 0) is 53.3 Å². The van der Waals surface area contributed by atoms with E-state index in [0.29, 0.717) is 17.6 Å². The fourth-order valence-electron chi connectivity index (χ4n) is 3.49. The number of halogens is 1. The third kappa shape index (κ3) is 2.69. The van der Waals surface area contributed by atoms with E-state index in [1.54, 1.807) is 0 Å². The fraction of sp³-hybridized carbons (Fsp3) is 0.533. The molecule has 6 heteroatoms. The normalized spacial score (nSPS) is 25.4. The Balaban J connectivity index is 1.98. The van der Waals surface area contributed by atoms with Crippen molar-refractivity contribution in [2.45, 2.75) is 39.2 Å². The van der Waals surface area contributed by atoms with Crippen LogP contribution in [0.3, 0.4) is 0 Å². The lowest BCUT2D eigenvalue weighted by molar-refractivity contribution is 0.310. The van der Waals surface area contributed by atoms with Crippen LogP contribution in [-0.4, -0.2) is 20.2 Å². The summed E-state index contributed by atoms with van der Waals surface area (Å²) in [6.07, 6.45) is 3.61. The second kappa shape index (κ2) is 5.75. The van der Waals surface area contributed by atoms with Crippen molar-refractivity contribution >= 4 is 21.6 Å². The first kappa shape index (κ1) is 14.5. The zero-order valence-electron chi connectivity index (χ0n) is 12.3. The molecule has 0 bridgehead atoms. The number of tetrazole rings is 1. The van der Waals surface area contributed by atoms with Gasteiger partial charge in [0.05, 0.1) is 6.04 Å². The Labute approximate surface area is 133 Å². The molecule has 3 rings (SSSR count). The third-order valence-electron chi connectivity index (χ3n) is 4.69. The van der Waals surface area contributed by atoms with Gasteiger partial charge in [-0.1, -0.05) is 36.2 Å². The largest absolute Gasteiger partial charge is 0.399 e. The molecule has 3 unspecified atom stereocenters. The van der Waals surface area contributed by atoms with Crippen LogP contribution in [0.25, 0.3) is 11.4 Å². The number of aromatic nitrogens is 4. The lowest BCUT2D eigenvalue weighted by Gasteiger charge is -2.20. The van der Waals surface area contributed by atoms with Crippen molar-refractivity contribution in [1.29, 1.82) is 0 Å². The van der Waals surface area contributed by atoms with Crippen LogP contribution in [0.15, 0.2) is 22.7 Å². The minimum Gasteiger partial charge on any atom is -0.399 e. The zero-order chi connectivity index (χ0) is 15.0. The molecule has 0 spiro atoms. The Morgan fingerprint density at radius 1 is 1.33 bits per heavy atom. The Morgan fingerprint density at radius 2 is 2.14 bits per heavy atom. The first-order chi connectivity index (χ1) is 10.1. The van der Waals surface area contributed by atoms with E-state index >= 15 is 0 Å². The first-order valence-electron chi connectivity index (χ1n) is 7.44. The summed E-state index contributed by atoms with van der Waals surface area (Å²) in [5, 5.41) is 12.4. The van der Waals surface area contributed by atoms with Gasteiger partial charge < -0.3 is 5.73 Å². The van der Waals surface area contributed by atoms with E-state index in [0.717, 1.165) is 28.2 Å². The molecule has 0 aliphatic heterocycles. The van der Waals surface area contributed by atoms with Crippen LogP contribution in [0.1, 0.15) is 39.2 Å². The maximum absolute atomic E-state index is 5.93. The van der Waals surface area contributed by atoms with E-state index in [-0.39, 0.29) is 0 Å². The van der Waals surface area contributed by atoms with Gasteiger partial charge in [0.25, 0.3) is 0 Å². The predicted molar refractivity (Wildman–Crippen MR) is 86.6 cm³/mol. The molecule has 0 amide bonds. The van der Waals surface area contributed by atoms with Gasteiger partial charge in [-0.25, -0.2) is 4.68 Å². The summed E-state index contributed by atoms with van der Waals surface area (Å²) in [4.78, 5) is 0. The second-order valence-corrected chi connectivity index (χ2v) is 6.81. The van der Waals surface area contributed by atoms with Crippen LogP contribution >= 0.6 is 15.9 Å². The molecule has 2 aromatic rings. The number of nitrogens with zero attached hydrogens (tertiary/aromatic N) is 4. The molecule has 1 fully saturated rings. The van der Waals surface area contributed by atoms with Crippen molar-refractivity contribution in [2.24, 2.45) is 11.8 Å². The smallest absolute Gasteiger partial charge is 0.182 e. The Bertz CT molecular complexity index is 618. The summed E-state index contributed by atoms with van der Waals surface area (Å²) < 4.78 is 2.93. The third-order valence-corrected chi connectivity index (χ3v) is 5.15. The number of benzene rings is 1. The monoisotopic (exact) mass is 349 g/mol. The molecule has 0 saturated heterocycles. The number of rotatable bonds is 3. The molecule has 2 N–H and O–H groups in total. The van der Waals surface area contributed by atoms with E-state index in [4.69, 9.17) is 5.73 Å². The molecule has 21 heavy (non-hydrogen) atoms. The topological polar surface area (TPSA) is 69.6 Å². The summed E-state index contributed by atoms with van der Waals surface area (Å²) in [6.45, 7) is 4.58. The van der Waals surface area contributed by atoms with Crippen molar-refractivity contribution in [1.82, 2.24) is 20.2 Å². The number of nitrogens with two attached hydrogens (primary N) is 1. The maximum atomic E-state index is 5.93. The Hall–Kier alpha value is -1.43. The van der Waals surface area contributed by atoms with Gasteiger partial charge in [-0.15, -0.1) is 5.10 Å². The van der Waals surface area contributed by atoms with Crippen LogP contribution in [0.5, 0.6) is 0 Å². The van der Waals surface area contributed by atoms with Gasteiger partial charge in [0.2, 0.25) is 0 Å². The minimum absolute atomic E-state index is 0.375. The SMILES string of the molecule is CCC1CCC(n2nnnc2-c2cc(N)cc(Br)c2)C1C. The maximum Gasteiger partial charge on any atom is 0.182 e. The van der Waals surface area contributed by atoms with Gasteiger partial charge in [0.15, 0.2) is 5.82 Å². The van der Waals surface area contributed by atoms with Crippen LogP contribution in [0, 0.1) is 11.8 Å². The highest BCUT2D eigenvalue weighted by atomic mass is 79.9. The van der Waals surface area contributed by atoms with Crippen molar-refractivity contribution in [3.63, 3.8) is 0 Å². The molecule has 3 atom stereocenters. The standard InChI is InChI=1S/C15H20BrN5/c1-3-10-4-5-14(9(10)2)21-15(18-19-20-21)11-6-12(16)8-13(17)7-11/h6-10,14H,3-5,17H2,1-2H3. The molecule has 5 nitrogen and oxygen atoms in total. The summed E-state index contributed by atoms with van der Waals surface area (Å²) in [7, 11) is 0. The summed E-state index contributed by atoms with van der Waals surface area (Å²) in [5.74, 6) is 2.16. The molecule has 0 radical (unpaired) electrons. The van der Waals surface area contributed by atoms with Gasteiger partial charge in [0, 0.05) is 15.7 Å². The summed E-state index contributed by atoms with van der Waals surface area (Å²) >= 11 is 3.48. The molecular weight excluding hydrogens is 330 g/mol. The number of hydrogen-bond donors (Lipinski definition) is 1. The Morgan fingerprint density at radius 3 is 2.81 bits per heavy atom. The van der Waals surface area contributed by atoms with Crippen molar-refractivity contribution in [3.05, 3.63) is 22.7 Å². The van der Waals surface area contributed by atoms with E-state index in [1.165, 1.54) is 12.8 Å². The molecule has 1 aromatic heterocycles. The molecule has 1 aliphatic rings. The molecular formula is C15H20BrN5. The van der Waals surface area contributed by atoms with Crippen LogP contribution in [-0.2, 0) is 0 Å². The van der Waals surface area contributed by atoms with E-state index in [2.05, 4.69) is 45.3 Å². The highest BCUT2D eigenvalue weighted by molar-refractivity contribution is 9.10. The van der Waals surface area contributed by atoms with E-state index < -0.39 is 0 Å². The zero-order valence-corrected chi connectivity index (χ0v) is 13.9. The van der Waals surface area contributed by atoms with Gasteiger partial charge in [0.1, 0.15) is 0 Å². The lowest BCUT2D eigenvalue weighted by atomic mass is 9.93. The van der Waals surface area contributed by atoms with Crippen molar-refractivity contribution in [2.75, 3.05) is 5.73 Å². The van der Waals surface area contributed by atoms with Gasteiger partial charge >= 0.3 is 0 Å². The Kier molecular flexibility index (Phi) is 3.97. The van der Waals surface area contributed by atoms with E-state index in [9.17, 15) is 0 Å². The average Bonchev–Trinajstić information content (AvgIpc) is 3.03. The average molecular weight is 350 g/mol. The molecule has 1 aromatic carbocycles. The van der Waals surface area contributed by atoms with Gasteiger partial charge in [-0.3, -0.25) is 0 Å².